The molecule has 4 nitrogen and oxygen atoms in total. The SMILES string of the molecule is Cn1c(-c2ccccc2)nc2ccc(CC(=O)O)cc21. The molecule has 100 valence electrons. The lowest BCUT2D eigenvalue weighted by molar-refractivity contribution is -0.136. The van der Waals surface area contributed by atoms with Crippen molar-refractivity contribution >= 4 is 17.0 Å². The van der Waals surface area contributed by atoms with E-state index >= 15 is 0 Å². The van der Waals surface area contributed by atoms with Crippen LogP contribution < -0.4 is 0 Å². The van der Waals surface area contributed by atoms with Crippen molar-refractivity contribution < 1.29 is 9.90 Å². The van der Waals surface area contributed by atoms with Gasteiger partial charge < -0.3 is 9.67 Å². The second kappa shape index (κ2) is 4.81. The van der Waals surface area contributed by atoms with Crippen molar-refractivity contribution in [3.63, 3.8) is 0 Å². The maximum atomic E-state index is 10.8. The van der Waals surface area contributed by atoms with Gasteiger partial charge in [0.25, 0.3) is 0 Å². The van der Waals surface area contributed by atoms with E-state index < -0.39 is 5.97 Å². The number of imidazole rings is 1. The summed E-state index contributed by atoms with van der Waals surface area (Å²) in [7, 11) is 1.95. The van der Waals surface area contributed by atoms with Gasteiger partial charge in [-0.05, 0) is 17.7 Å². The normalized spacial score (nSPS) is 10.8. The van der Waals surface area contributed by atoms with Crippen LogP contribution in [0.5, 0.6) is 0 Å². The molecule has 0 aliphatic heterocycles. The third-order valence-electron chi connectivity index (χ3n) is 3.33. The highest BCUT2D eigenvalue weighted by Crippen LogP contribution is 2.24. The zero-order chi connectivity index (χ0) is 14.1. The molecule has 0 aliphatic carbocycles. The fraction of sp³-hybridized carbons (Fsp3) is 0.125. The van der Waals surface area contributed by atoms with Crippen LogP contribution in [0.1, 0.15) is 5.56 Å². The van der Waals surface area contributed by atoms with E-state index in [9.17, 15) is 4.79 Å². The largest absolute Gasteiger partial charge is 0.481 e. The van der Waals surface area contributed by atoms with Crippen molar-refractivity contribution in [1.29, 1.82) is 0 Å². The number of carboxylic acids is 1. The Morgan fingerprint density at radius 1 is 1.20 bits per heavy atom. The van der Waals surface area contributed by atoms with E-state index in [1.807, 2.05) is 60.1 Å². The monoisotopic (exact) mass is 266 g/mol. The highest BCUT2D eigenvalue weighted by Gasteiger charge is 2.10. The lowest BCUT2D eigenvalue weighted by atomic mass is 10.1. The summed E-state index contributed by atoms with van der Waals surface area (Å²) >= 11 is 0. The maximum absolute atomic E-state index is 10.8. The number of nitrogens with zero attached hydrogens (tertiary/aromatic N) is 2. The first-order chi connectivity index (χ1) is 9.65. The molecule has 0 atom stereocenters. The molecule has 0 spiro atoms. The Labute approximate surface area is 116 Å². The van der Waals surface area contributed by atoms with Gasteiger partial charge in [-0.1, -0.05) is 36.4 Å². The van der Waals surface area contributed by atoms with Gasteiger partial charge >= 0.3 is 5.97 Å². The van der Waals surface area contributed by atoms with Crippen molar-refractivity contribution in [2.75, 3.05) is 0 Å². The third-order valence-corrected chi connectivity index (χ3v) is 3.33. The van der Waals surface area contributed by atoms with Crippen molar-refractivity contribution in [1.82, 2.24) is 9.55 Å². The fourth-order valence-electron chi connectivity index (χ4n) is 2.37. The van der Waals surface area contributed by atoms with E-state index in [0.29, 0.717) is 0 Å². The Bertz CT molecular complexity index is 776. The Kier molecular flexibility index (Phi) is 2.99. The molecule has 0 bridgehead atoms. The van der Waals surface area contributed by atoms with Gasteiger partial charge in [0.1, 0.15) is 5.82 Å². The highest BCUT2D eigenvalue weighted by atomic mass is 16.4. The zero-order valence-electron chi connectivity index (χ0n) is 11.1. The molecular formula is C16H14N2O2. The summed E-state index contributed by atoms with van der Waals surface area (Å²) in [6.07, 6.45) is 0.0296. The minimum atomic E-state index is -0.824. The van der Waals surface area contributed by atoms with Crippen LogP contribution in [0.4, 0.5) is 0 Å². The molecule has 0 aliphatic rings. The predicted molar refractivity (Wildman–Crippen MR) is 77.5 cm³/mol. The van der Waals surface area contributed by atoms with Gasteiger partial charge in [-0.25, -0.2) is 4.98 Å². The number of benzene rings is 2. The van der Waals surface area contributed by atoms with Gasteiger partial charge in [0.2, 0.25) is 0 Å². The molecule has 0 saturated carbocycles. The number of carboxylic acid groups (broad SMARTS) is 1. The number of carbonyl (C=O) groups is 1. The maximum Gasteiger partial charge on any atom is 0.307 e. The Balaban J connectivity index is 2.13. The molecule has 1 heterocycles. The standard InChI is InChI=1S/C16H14N2O2/c1-18-14-9-11(10-15(19)20)7-8-13(14)17-16(18)12-5-3-2-4-6-12/h2-9H,10H2,1H3,(H,19,20). The van der Waals surface area contributed by atoms with Gasteiger partial charge in [0.05, 0.1) is 17.5 Å². The van der Waals surface area contributed by atoms with Crippen LogP contribution in [0.15, 0.2) is 48.5 Å². The van der Waals surface area contributed by atoms with Gasteiger partial charge in [-0.2, -0.15) is 0 Å². The molecule has 1 aromatic heterocycles. The smallest absolute Gasteiger partial charge is 0.307 e. The number of aryl methyl sites for hydroxylation is 1. The van der Waals surface area contributed by atoms with Gasteiger partial charge in [0.15, 0.2) is 0 Å². The number of fused-ring (bicyclic) bond motifs is 1. The summed E-state index contributed by atoms with van der Waals surface area (Å²) in [6, 6.07) is 15.5. The quantitative estimate of drug-likeness (QED) is 0.793. The molecule has 0 amide bonds. The Morgan fingerprint density at radius 2 is 1.95 bits per heavy atom. The van der Waals surface area contributed by atoms with Gasteiger partial charge in [-0.15, -0.1) is 0 Å². The van der Waals surface area contributed by atoms with Crippen LogP contribution in [-0.2, 0) is 18.3 Å². The molecule has 0 saturated heterocycles. The van der Waals surface area contributed by atoms with E-state index in [1.54, 1.807) is 0 Å². The van der Waals surface area contributed by atoms with E-state index in [-0.39, 0.29) is 6.42 Å². The summed E-state index contributed by atoms with van der Waals surface area (Å²) in [5.41, 5.74) is 3.65. The molecular weight excluding hydrogens is 252 g/mol. The molecule has 3 aromatic rings. The van der Waals surface area contributed by atoms with Crippen molar-refractivity contribution in [2.24, 2.45) is 7.05 Å². The number of aromatic nitrogens is 2. The average Bonchev–Trinajstić information content (AvgIpc) is 2.76. The molecule has 0 radical (unpaired) electrons. The van der Waals surface area contributed by atoms with Crippen LogP contribution in [-0.4, -0.2) is 20.6 Å². The summed E-state index contributed by atoms with van der Waals surface area (Å²) in [4.78, 5) is 15.4. The Hall–Kier alpha value is -2.62. The number of hydrogen-bond donors (Lipinski definition) is 1. The van der Waals surface area contributed by atoms with Crippen molar-refractivity contribution in [3.8, 4) is 11.4 Å². The lowest BCUT2D eigenvalue weighted by Crippen LogP contribution is -2.00. The predicted octanol–water partition coefficient (Wildman–Crippen LogP) is 2.87. The first-order valence-corrected chi connectivity index (χ1v) is 6.38. The molecule has 20 heavy (non-hydrogen) atoms. The molecule has 0 fully saturated rings. The molecule has 4 heteroatoms. The minimum absolute atomic E-state index is 0.0296. The van der Waals surface area contributed by atoms with E-state index in [1.165, 1.54) is 0 Å². The first kappa shape index (κ1) is 12.4. The van der Waals surface area contributed by atoms with Crippen LogP contribution in [0.2, 0.25) is 0 Å². The van der Waals surface area contributed by atoms with E-state index in [4.69, 9.17) is 5.11 Å². The van der Waals surface area contributed by atoms with Crippen molar-refractivity contribution in [2.45, 2.75) is 6.42 Å². The third kappa shape index (κ3) is 2.16. The molecule has 0 unspecified atom stereocenters. The molecule has 2 aromatic carbocycles. The van der Waals surface area contributed by atoms with Gasteiger partial charge in [-0.3, -0.25) is 4.79 Å². The van der Waals surface area contributed by atoms with E-state index in [2.05, 4.69) is 4.98 Å². The first-order valence-electron chi connectivity index (χ1n) is 6.38. The second-order valence-electron chi connectivity index (χ2n) is 4.75. The Morgan fingerprint density at radius 3 is 2.65 bits per heavy atom. The van der Waals surface area contributed by atoms with E-state index in [0.717, 1.165) is 28.0 Å². The van der Waals surface area contributed by atoms with Gasteiger partial charge in [0, 0.05) is 12.6 Å². The second-order valence-corrected chi connectivity index (χ2v) is 4.75. The van der Waals surface area contributed by atoms with Crippen LogP contribution in [0, 0.1) is 0 Å². The number of aliphatic carboxylic acids is 1. The van der Waals surface area contributed by atoms with Crippen molar-refractivity contribution in [3.05, 3.63) is 54.1 Å². The number of rotatable bonds is 3. The van der Waals surface area contributed by atoms with Crippen LogP contribution in [0.3, 0.4) is 0 Å². The fourth-order valence-corrected chi connectivity index (χ4v) is 2.37. The highest BCUT2D eigenvalue weighted by molar-refractivity contribution is 5.82. The minimum Gasteiger partial charge on any atom is -0.481 e. The van der Waals surface area contributed by atoms with Crippen LogP contribution in [0.25, 0.3) is 22.4 Å². The zero-order valence-corrected chi connectivity index (χ0v) is 11.1. The van der Waals surface area contributed by atoms with Crippen LogP contribution >= 0.6 is 0 Å². The summed E-state index contributed by atoms with van der Waals surface area (Å²) in [5.74, 6) is 0.0582. The summed E-state index contributed by atoms with van der Waals surface area (Å²) in [5, 5.41) is 8.87. The molecule has 3 rings (SSSR count). The average molecular weight is 266 g/mol. The summed E-state index contributed by atoms with van der Waals surface area (Å²) < 4.78 is 2.00. The summed E-state index contributed by atoms with van der Waals surface area (Å²) in [6.45, 7) is 0. The lowest BCUT2D eigenvalue weighted by Gasteiger charge is -2.02. The molecule has 1 N–H and O–H groups in total. The number of hydrogen-bond acceptors (Lipinski definition) is 2. The topological polar surface area (TPSA) is 55.1 Å².